The highest BCUT2D eigenvalue weighted by atomic mass is 16.2. The number of benzene rings is 1. The molecule has 2 amide bonds. The Kier molecular flexibility index (Phi) is 6.64. The molecular formula is C23H30N4O2. The maximum Gasteiger partial charge on any atom is 0.273 e. The van der Waals surface area contributed by atoms with E-state index in [4.69, 9.17) is 0 Å². The van der Waals surface area contributed by atoms with Crippen LogP contribution in [0.25, 0.3) is 11.1 Å². The zero-order valence-electron chi connectivity index (χ0n) is 17.8. The fourth-order valence-corrected chi connectivity index (χ4v) is 3.86. The van der Waals surface area contributed by atoms with Crippen molar-refractivity contribution in [2.45, 2.75) is 19.4 Å². The first kappa shape index (κ1) is 21.0. The number of hydrogen-bond acceptors (Lipinski definition) is 4. The standard InChI is InChI=1S/C23H30N4O2/c1-25(2)16-17-7-5-8-19(15-17)20-9-6-12-24-21(20)23(29)27-13-10-18(11-14-27)22(28)26(3)4/h5-9,12,15,18H,10-11,13-14,16H2,1-4H3. The summed E-state index contributed by atoms with van der Waals surface area (Å²) in [4.78, 5) is 35.4. The van der Waals surface area contributed by atoms with Crippen LogP contribution in [-0.2, 0) is 11.3 Å². The van der Waals surface area contributed by atoms with E-state index in [1.54, 1.807) is 25.2 Å². The summed E-state index contributed by atoms with van der Waals surface area (Å²) < 4.78 is 0. The van der Waals surface area contributed by atoms with Crippen molar-refractivity contribution in [1.29, 1.82) is 0 Å². The molecule has 0 bridgehead atoms. The number of aromatic nitrogens is 1. The van der Waals surface area contributed by atoms with Gasteiger partial charge in [-0.25, -0.2) is 0 Å². The topological polar surface area (TPSA) is 56.8 Å². The molecule has 154 valence electrons. The van der Waals surface area contributed by atoms with Gasteiger partial charge >= 0.3 is 0 Å². The molecule has 6 nitrogen and oxygen atoms in total. The number of pyridine rings is 1. The predicted octanol–water partition coefficient (Wildman–Crippen LogP) is 2.75. The lowest BCUT2D eigenvalue weighted by Crippen LogP contribution is -2.43. The Hall–Kier alpha value is -2.73. The lowest BCUT2D eigenvalue weighted by Gasteiger charge is -2.32. The fourth-order valence-electron chi connectivity index (χ4n) is 3.86. The SMILES string of the molecule is CN(C)Cc1cccc(-c2cccnc2C(=O)N2CCC(C(=O)N(C)C)CC2)c1. The second-order valence-electron chi connectivity index (χ2n) is 8.14. The second kappa shape index (κ2) is 9.18. The third-order valence-corrected chi connectivity index (χ3v) is 5.32. The first-order valence-electron chi connectivity index (χ1n) is 10.1. The van der Waals surface area contributed by atoms with E-state index < -0.39 is 0 Å². The first-order chi connectivity index (χ1) is 13.9. The first-order valence-corrected chi connectivity index (χ1v) is 10.1. The third kappa shape index (κ3) is 5.01. The Morgan fingerprint density at radius 3 is 2.45 bits per heavy atom. The van der Waals surface area contributed by atoms with Gasteiger partial charge in [-0.05, 0) is 50.2 Å². The molecule has 3 rings (SSSR count). The molecule has 1 aromatic carbocycles. The summed E-state index contributed by atoms with van der Waals surface area (Å²) in [5.41, 5.74) is 3.52. The highest BCUT2D eigenvalue weighted by molar-refractivity contribution is 5.99. The monoisotopic (exact) mass is 394 g/mol. The molecule has 6 heteroatoms. The van der Waals surface area contributed by atoms with Gasteiger partial charge in [0, 0.05) is 51.4 Å². The zero-order valence-corrected chi connectivity index (χ0v) is 17.8. The van der Waals surface area contributed by atoms with Crippen molar-refractivity contribution >= 4 is 11.8 Å². The number of hydrogen-bond donors (Lipinski definition) is 0. The minimum atomic E-state index is -0.0608. The number of rotatable bonds is 5. The van der Waals surface area contributed by atoms with E-state index in [9.17, 15) is 9.59 Å². The Balaban J connectivity index is 1.79. The highest BCUT2D eigenvalue weighted by Crippen LogP contribution is 2.26. The van der Waals surface area contributed by atoms with Gasteiger partial charge in [0.05, 0.1) is 0 Å². The average molecular weight is 395 g/mol. The van der Waals surface area contributed by atoms with E-state index in [-0.39, 0.29) is 17.7 Å². The normalized spacial score (nSPS) is 14.9. The van der Waals surface area contributed by atoms with Crippen LogP contribution in [0.1, 0.15) is 28.9 Å². The van der Waals surface area contributed by atoms with Crippen molar-refractivity contribution < 1.29 is 9.59 Å². The lowest BCUT2D eigenvalue weighted by atomic mass is 9.94. The van der Waals surface area contributed by atoms with Gasteiger partial charge in [0.15, 0.2) is 0 Å². The van der Waals surface area contributed by atoms with Crippen molar-refractivity contribution in [3.8, 4) is 11.1 Å². The highest BCUT2D eigenvalue weighted by Gasteiger charge is 2.30. The minimum Gasteiger partial charge on any atom is -0.349 e. The van der Waals surface area contributed by atoms with E-state index in [1.165, 1.54) is 5.56 Å². The summed E-state index contributed by atoms with van der Waals surface area (Å²) >= 11 is 0. The van der Waals surface area contributed by atoms with Gasteiger partial charge in [-0.3, -0.25) is 14.6 Å². The molecule has 1 saturated heterocycles. The van der Waals surface area contributed by atoms with Crippen LogP contribution in [0.3, 0.4) is 0 Å². The van der Waals surface area contributed by atoms with Crippen LogP contribution >= 0.6 is 0 Å². The van der Waals surface area contributed by atoms with Crippen molar-refractivity contribution in [2.24, 2.45) is 5.92 Å². The zero-order chi connectivity index (χ0) is 21.0. The van der Waals surface area contributed by atoms with Crippen LogP contribution in [0.2, 0.25) is 0 Å². The molecule has 1 aromatic heterocycles. The number of carbonyl (C=O) groups is 2. The van der Waals surface area contributed by atoms with Crippen LogP contribution in [0.15, 0.2) is 42.6 Å². The summed E-state index contributed by atoms with van der Waals surface area (Å²) in [5.74, 6) is 0.0858. The lowest BCUT2D eigenvalue weighted by molar-refractivity contribution is -0.134. The summed E-state index contributed by atoms with van der Waals surface area (Å²) in [6, 6.07) is 12.1. The Bertz CT molecular complexity index is 871. The molecule has 2 aromatic rings. The second-order valence-corrected chi connectivity index (χ2v) is 8.14. The summed E-state index contributed by atoms with van der Waals surface area (Å²) in [7, 11) is 7.64. The molecule has 0 spiro atoms. The van der Waals surface area contributed by atoms with E-state index >= 15 is 0 Å². The number of amides is 2. The van der Waals surface area contributed by atoms with Gasteiger partial charge in [0.2, 0.25) is 5.91 Å². The molecule has 1 aliphatic rings. The fraction of sp³-hybridized carbons (Fsp3) is 0.435. The Labute approximate surface area is 173 Å². The van der Waals surface area contributed by atoms with Crippen molar-refractivity contribution in [3.05, 3.63) is 53.9 Å². The van der Waals surface area contributed by atoms with E-state index in [0.29, 0.717) is 31.6 Å². The molecule has 0 N–H and O–H groups in total. The molecule has 1 aliphatic heterocycles. The van der Waals surface area contributed by atoms with Gasteiger partial charge in [0.25, 0.3) is 5.91 Å². The molecular weight excluding hydrogens is 364 g/mol. The van der Waals surface area contributed by atoms with E-state index in [1.807, 2.05) is 43.3 Å². The molecule has 0 radical (unpaired) electrons. The molecule has 1 fully saturated rings. The summed E-state index contributed by atoms with van der Waals surface area (Å²) in [6.07, 6.45) is 3.06. The summed E-state index contributed by atoms with van der Waals surface area (Å²) in [6.45, 7) is 2.00. The Morgan fingerprint density at radius 2 is 1.79 bits per heavy atom. The Morgan fingerprint density at radius 1 is 1.07 bits per heavy atom. The molecule has 0 unspecified atom stereocenters. The molecule has 0 atom stereocenters. The maximum atomic E-state index is 13.2. The van der Waals surface area contributed by atoms with Gasteiger partial charge in [-0.15, -0.1) is 0 Å². The number of piperidine rings is 1. The van der Waals surface area contributed by atoms with Crippen LogP contribution in [0.4, 0.5) is 0 Å². The quantitative estimate of drug-likeness (QED) is 0.783. The predicted molar refractivity (Wildman–Crippen MR) is 114 cm³/mol. The van der Waals surface area contributed by atoms with Crippen LogP contribution in [0, 0.1) is 5.92 Å². The number of likely N-dealkylation sites (tertiary alicyclic amines) is 1. The largest absolute Gasteiger partial charge is 0.349 e. The molecule has 0 saturated carbocycles. The summed E-state index contributed by atoms with van der Waals surface area (Å²) in [5, 5.41) is 0. The van der Waals surface area contributed by atoms with Crippen LogP contribution in [-0.4, -0.2) is 72.8 Å². The van der Waals surface area contributed by atoms with Gasteiger partial charge in [-0.1, -0.05) is 24.3 Å². The number of carbonyl (C=O) groups excluding carboxylic acids is 2. The van der Waals surface area contributed by atoms with Crippen LogP contribution < -0.4 is 0 Å². The maximum absolute atomic E-state index is 13.2. The van der Waals surface area contributed by atoms with Crippen molar-refractivity contribution in [3.63, 3.8) is 0 Å². The minimum absolute atomic E-state index is 0.0000297. The van der Waals surface area contributed by atoms with Crippen molar-refractivity contribution in [1.82, 2.24) is 19.7 Å². The smallest absolute Gasteiger partial charge is 0.273 e. The van der Waals surface area contributed by atoms with Crippen molar-refractivity contribution in [2.75, 3.05) is 41.3 Å². The molecule has 2 heterocycles. The van der Waals surface area contributed by atoms with Gasteiger partial charge in [0.1, 0.15) is 5.69 Å². The van der Waals surface area contributed by atoms with Crippen LogP contribution in [0.5, 0.6) is 0 Å². The molecule has 0 aliphatic carbocycles. The van der Waals surface area contributed by atoms with Gasteiger partial charge in [-0.2, -0.15) is 0 Å². The average Bonchev–Trinajstić information content (AvgIpc) is 2.72. The number of nitrogens with zero attached hydrogens (tertiary/aromatic N) is 4. The molecule has 29 heavy (non-hydrogen) atoms. The van der Waals surface area contributed by atoms with E-state index in [2.05, 4.69) is 22.0 Å². The van der Waals surface area contributed by atoms with Gasteiger partial charge < -0.3 is 14.7 Å². The van der Waals surface area contributed by atoms with E-state index in [0.717, 1.165) is 17.7 Å². The third-order valence-electron chi connectivity index (χ3n) is 5.32.